The maximum atomic E-state index is 12.5. The van der Waals surface area contributed by atoms with Crippen molar-refractivity contribution in [3.8, 4) is 11.5 Å². The Balaban J connectivity index is 1.82. The van der Waals surface area contributed by atoms with Crippen LogP contribution >= 0.6 is 11.5 Å². The fourth-order valence-corrected chi connectivity index (χ4v) is 3.40. The summed E-state index contributed by atoms with van der Waals surface area (Å²) in [7, 11) is 1.56. The molecule has 0 aliphatic carbocycles. The first-order valence-electron chi connectivity index (χ1n) is 8.13. The van der Waals surface area contributed by atoms with E-state index in [1.165, 1.54) is 0 Å². The minimum atomic E-state index is -0.488. The predicted molar refractivity (Wildman–Crippen MR) is 100 cm³/mol. The number of fused-ring (bicyclic) bond motifs is 1. The molecule has 0 saturated carbocycles. The Kier molecular flexibility index (Phi) is 5.22. The first-order chi connectivity index (χ1) is 12.5. The maximum Gasteiger partial charge on any atom is 0.338 e. The lowest BCUT2D eigenvalue weighted by Gasteiger charge is -2.16. The van der Waals surface area contributed by atoms with E-state index in [4.69, 9.17) is 9.47 Å². The van der Waals surface area contributed by atoms with Gasteiger partial charge in [0, 0.05) is 6.20 Å². The van der Waals surface area contributed by atoms with E-state index in [0.29, 0.717) is 28.3 Å². The normalized spacial score (nSPS) is 12.0. The van der Waals surface area contributed by atoms with E-state index in [-0.39, 0.29) is 11.6 Å². The van der Waals surface area contributed by atoms with Crippen molar-refractivity contribution < 1.29 is 14.3 Å². The van der Waals surface area contributed by atoms with Crippen LogP contribution in [-0.2, 0) is 0 Å². The molecule has 136 valence electrons. The molecule has 0 saturated heterocycles. The van der Waals surface area contributed by atoms with Gasteiger partial charge in [-0.15, -0.1) is 0 Å². The van der Waals surface area contributed by atoms with E-state index in [9.17, 15) is 9.59 Å². The van der Waals surface area contributed by atoms with Crippen molar-refractivity contribution in [2.45, 2.75) is 19.9 Å². The first-order valence-corrected chi connectivity index (χ1v) is 8.91. The van der Waals surface area contributed by atoms with Gasteiger partial charge in [-0.1, -0.05) is 6.07 Å². The Labute approximate surface area is 154 Å². The molecule has 3 aromatic rings. The Bertz CT molecular complexity index is 996. The monoisotopic (exact) mass is 373 g/mol. The van der Waals surface area contributed by atoms with Crippen LogP contribution in [-0.4, -0.2) is 28.7 Å². The number of rotatable bonds is 5. The standard InChI is InChI=1S/C18H19N3O4S/c1-4-25-14-8-7-12(10-15(14)24-3)11(2)20-18(23)21-17(22)13-6-5-9-19-16(13)26-21/h5-11H,4H2,1-3H3,(H,20,23). The van der Waals surface area contributed by atoms with Crippen molar-refractivity contribution in [2.75, 3.05) is 13.7 Å². The Morgan fingerprint density at radius 3 is 2.85 bits per heavy atom. The van der Waals surface area contributed by atoms with Crippen molar-refractivity contribution in [1.82, 2.24) is 14.3 Å². The lowest BCUT2D eigenvalue weighted by molar-refractivity contribution is 0.241. The zero-order valence-electron chi connectivity index (χ0n) is 14.7. The van der Waals surface area contributed by atoms with Gasteiger partial charge in [-0.3, -0.25) is 4.79 Å². The molecule has 1 aromatic carbocycles. The van der Waals surface area contributed by atoms with Gasteiger partial charge in [0.25, 0.3) is 5.56 Å². The van der Waals surface area contributed by atoms with Crippen LogP contribution < -0.4 is 20.3 Å². The van der Waals surface area contributed by atoms with E-state index in [0.717, 1.165) is 21.1 Å². The summed E-state index contributed by atoms with van der Waals surface area (Å²) < 4.78 is 11.9. The number of amides is 1. The van der Waals surface area contributed by atoms with Crippen LogP contribution in [0.2, 0.25) is 0 Å². The second kappa shape index (κ2) is 7.57. The van der Waals surface area contributed by atoms with E-state index < -0.39 is 6.03 Å². The summed E-state index contributed by atoms with van der Waals surface area (Å²) in [5, 5.41) is 3.26. The minimum Gasteiger partial charge on any atom is -0.493 e. The molecular weight excluding hydrogens is 354 g/mol. The van der Waals surface area contributed by atoms with Gasteiger partial charge in [-0.2, -0.15) is 3.96 Å². The second-order valence-electron chi connectivity index (χ2n) is 5.56. The molecule has 3 rings (SSSR count). The van der Waals surface area contributed by atoms with Crippen LogP contribution in [0.15, 0.2) is 41.3 Å². The lowest BCUT2D eigenvalue weighted by atomic mass is 10.1. The average molecular weight is 373 g/mol. The van der Waals surface area contributed by atoms with Crippen molar-refractivity contribution in [3.63, 3.8) is 0 Å². The van der Waals surface area contributed by atoms with Crippen molar-refractivity contribution in [3.05, 3.63) is 52.4 Å². The molecule has 0 aliphatic heterocycles. The Hall–Kier alpha value is -2.87. The lowest BCUT2D eigenvalue weighted by Crippen LogP contribution is -2.34. The number of carbonyl (C=O) groups is 1. The van der Waals surface area contributed by atoms with Crippen LogP contribution in [0.5, 0.6) is 11.5 Å². The number of aromatic nitrogens is 2. The van der Waals surface area contributed by atoms with Gasteiger partial charge >= 0.3 is 6.03 Å². The SMILES string of the molecule is CCOc1ccc(C(C)NC(=O)n2sc3ncccc3c2=O)cc1OC. The minimum absolute atomic E-state index is 0.322. The summed E-state index contributed by atoms with van der Waals surface area (Å²) in [6, 6.07) is 7.99. The molecule has 1 N–H and O–H groups in total. The molecule has 0 radical (unpaired) electrons. The molecule has 1 atom stereocenters. The number of hydrogen-bond donors (Lipinski definition) is 1. The van der Waals surface area contributed by atoms with E-state index in [1.807, 2.05) is 26.0 Å². The Morgan fingerprint density at radius 2 is 2.15 bits per heavy atom. The molecule has 0 spiro atoms. The number of nitrogens with one attached hydrogen (secondary N) is 1. The highest BCUT2D eigenvalue weighted by molar-refractivity contribution is 7.14. The smallest absolute Gasteiger partial charge is 0.338 e. The summed E-state index contributed by atoms with van der Waals surface area (Å²) in [5.74, 6) is 1.23. The van der Waals surface area contributed by atoms with Gasteiger partial charge in [0.05, 0.1) is 25.1 Å². The Morgan fingerprint density at radius 1 is 1.35 bits per heavy atom. The predicted octanol–water partition coefficient (Wildman–Crippen LogP) is 3.18. The summed E-state index contributed by atoms with van der Waals surface area (Å²) in [5.41, 5.74) is 0.470. The molecule has 26 heavy (non-hydrogen) atoms. The molecule has 7 nitrogen and oxygen atoms in total. The van der Waals surface area contributed by atoms with E-state index in [1.54, 1.807) is 31.5 Å². The largest absolute Gasteiger partial charge is 0.493 e. The van der Waals surface area contributed by atoms with Crippen molar-refractivity contribution in [2.24, 2.45) is 0 Å². The molecule has 8 heteroatoms. The highest BCUT2D eigenvalue weighted by Crippen LogP contribution is 2.30. The molecule has 2 aromatic heterocycles. The number of hydrogen-bond acceptors (Lipinski definition) is 6. The van der Waals surface area contributed by atoms with E-state index >= 15 is 0 Å². The van der Waals surface area contributed by atoms with E-state index in [2.05, 4.69) is 10.3 Å². The highest BCUT2D eigenvalue weighted by Gasteiger charge is 2.18. The van der Waals surface area contributed by atoms with Gasteiger partial charge < -0.3 is 14.8 Å². The van der Waals surface area contributed by atoms with Crippen LogP contribution in [0.1, 0.15) is 25.5 Å². The number of carbonyl (C=O) groups excluding carboxylic acids is 1. The quantitative estimate of drug-likeness (QED) is 0.743. The number of methoxy groups -OCH3 is 1. The van der Waals surface area contributed by atoms with Crippen LogP contribution in [0, 0.1) is 0 Å². The summed E-state index contributed by atoms with van der Waals surface area (Å²) in [6.07, 6.45) is 1.59. The molecule has 0 fully saturated rings. The third kappa shape index (κ3) is 3.41. The van der Waals surface area contributed by atoms with Gasteiger partial charge in [0.15, 0.2) is 11.5 Å². The number of nitrogens with zero attached hydrogens (tertiary/aromatic N) is 2. The molecule has 0 aliphatic rings. The van der Waals surface area contributed by atoms with Crippen LogP contribution in [0.4, 0.5) is 4.79 Å². The second-order valence-corrected chi connectivity index (χ2v) is 6.50. The fraction of sp³-hybridized carbons (Fsp3) is 0.278. The highest BCUT2D eigenvalue weighted by atomic mass is 32.1. The molecule has 1 amide bonds. The molecular formula is C18H19N3O4S. The zero-order valence-corrected chi connectivity index (χ0v) is 15.5. The third-order valence-electron chi connectivity index (χ3n) is 3.88. The number of pyridine rings is 1. The van der Waals surface area contributed by atoms with Gasteiger partial charge in [-0.05, 0) is 55.2 Å². The summed E-state index contributed by atoms with van der Waals surface area (Å²) in [4.78, 5) is 29.5. The molecule has 0 bridgehead atoms. The molecule has 2 heterocycles. The van der Waals surface area contributed by atoms with Crippen LogP contribution in [0.25, 0.3) is 10.2 Å². The zero-order chi connectivity index (χ0) is 18.7. The first kappa shape index (κ1) is 17.9. The van der Waals surface area contributed by atoms with Crippen LogP contribution in [0.3, 0.4) is 0 Å². The number of benzene rings is 1. The number of ether oxygens (including phenoxy) is 2. The van der Waals surface area contributed by atoms with Crippen molar-refractivity contribution >= 4 is 27.8 Å². The topological polar surface area (TPSA) is 82.5 Å². The maximum absolute atomic E-state index is 12.5. The summed E-state index contributed by atoms with van der Waals surface area (Å²) in [6.45, 7) is 4.27. The van der Waals surface area contributed by atoms with Gasteiger partial charge in [0.1, 0.15) is 4.83 Å². The molecule has 1 unspecified atom stereocenters. The third-order valence-corrected chi connectivity index (χ3v) is 4.89. The average Bonchev–Trinajstić information content (AvgIpc) is 2.99. The van der Waals surface area contributed by atoms with Gasteiger partial charge in [0.2, 0.25) is 0 Å². The summed E-state index contributed by atoms with van der Waals surface area (Å²) >= 11 is 1.02. The van der Waals surface area contributed by atoms with Crippen molar-refractivity contribution in [1.29, 1.82) is 0 Å². The fourth-order valence-electron chi connectivity index (χ4n) is 2.55. The van der Waals surface area contributed by atoms with Gasteiger partial charge in [-0.25, -0.2) is 9.78 Å².